The van der Waals surface area contributed by atoms with Gasteiger partial charge >= 0.3 is 6.09 Å². The number of aliphatic hydroxyl groups excluding tert-OH is 1. The third-order valence-corrected chi connectivity index (χ3v) is 5.49. The summed E-state index contributed by atoms with van der Waals surface area (Å²) in [7, 11) is 0. The predicted octanol–water partition coefficient (Wildman–Crippen LogP) is 5.13. The second-order valence-corrected chi connectivity index (χ2v) is 8.98. The van der Waals surface area contributed by atoms with Gasteiger partial charge in [-0.2, -0.15) is 0 Å². The summed E-state index contributed by atoms with van der Waals surface area (Å²) in [5.41, 5.74) is 1.12. The third-order valence-electron chi connectivity index (χ3n) is 5.26. The van der Waals surface area contributed by atoms with E-state index in [1.54, 1.807) is 12.1 Å². The Morgan fingerprint density at radius 3 is 2.48 bits per heavy atom. The fourth-order valence-electron chi connectivity index (χ4n) is 4.07. The lowest BCUT2D eigenvalue weighted by atomic mass is 10.0. The highest BCUT2D eigenvalue weighted by molar-refractivity contribution is 6.31. The first-order chi connectivity index (χ1) is 13.6. The molecule has 1 aliphatic heterocycles. The summed E-state index contributed by atoms with van der Waals surface area (Å²) < 4.78 is 21.4. The second kappa shape index (κ2) is 7.18. The Morgan fingerprint density at radius 1 is 1.17 bits per heavy atom. The van der Waals surface area contributed by atoms with Crippen molar-refractivity contribution in [2.45, 2.75) is 44.9 Å². The van der Waals surface area contributed by atoms with E-state index in [1.807, 2.05) is 37.5 Å². The number of aromatic nitrogens is 1. The summed E-state index contributed by atoms with van der Waals surface area (Å²) in [6.07, 6.45) is -0.652. The molecule has 4 rings (SSSR count). The maximum Gasteiger partial charge on any atom is 0.410 e. The van der Waals surface area contributed by atoms with Gasteiger partial charge in [0.05, 0.1) is 18.7 Å². The number of rotatable bonds is 1. The molecule has 1 amide bonds. The number of piperidine rings is 1. The van der Waals surface area contributed by atoms with Crippen molar-refractivity contribution in [3.05, 3.63) is 47.2 Å². The molecule has 7 heteroatoms. The van der Waals surface area contributed by atoms with Gasteiger partial charge in [-0.1, -0.05) is 11.6 Å². The zero-order chi connectivity index (χ0) is 20.9. The first-order valence-electron chi connectivity index (χ1n) is 9.69. The van der Waals surface area contributed by atoms with Gasteiger partial charge in [0.2, 0.25) is 0 Å². The molecule has 1 saturated heterocycles. The number of hydrogen-bond acceptors (Lipinski definition) is 3. The predicted molar refractivity (Wildman–Crippen MR) is 112 cm³/mol. The topological polar surface area (TPSA) is 54.7 Å². The Morgan fingerprint density at radius 2 is 1.83 bits per heavy atom. The van der Waals surface area contributed by atoms with E-state index in [4.69, 9.17) is 16.3 Å². The fraction of sp³-hybridized carbons (Fsp3) is 0.409. The minimum Gasteiger partial charge on any atom is -0.444 e. The Hall–Kier alpha value is -2.31. The number of aliphatic hydroxyl groups is 1. The van der Waals surface area contributed by atoms with Crippen LogP contribution >= 0.6 is 11.6 Å². The average Bonchev–Trinajstić information content (AvgIpc) is 2.93. The Bertz CT molecular complexity index is 1030. The first-order valence-corrected chi connectivity index (χ1v) is 10.1. The molecule has 2 heterocycles. The van der Waals surface area contributed by atoms with Crippen LogP contribution < -0.4 is 0 Å². The monoisotopic (exact) mass is 418 g/mol. The van der Waals surface area contributed by atoms with Crippen LogP contribution in [0.1, 0.15) is 33.2 Å². The number of ether oxygens (including phenoxy) is 1. The molecular weight excluding hydrogens is 395 g/mol. The molecule has 0 aliphatic carbocycles. The summed E-state index contributed by atoms with van der Waals surface area (Å²) in [5, 5.41) is 13.1. The highest BCUT2D eigenvalue weighted by atomic mass is 35.5. The van der Waals surface area contributed by atoms with Crippen molar-refractivity contribution in [1.82, 2.24) is 9.47 Å². The largest absolute Gasteiger partial charge is 0.444 e. The van der Waals surface area contributed by atoms with Gasteiger partial charge in [-0.15, -0.1) is 0 Å². The van der Waals surface area contributed by atoms with E-state index in [2.05, 4.69) is 0 Å². The van der Waals surface area contributed by atoms with Crippen LogP contribution in [0.25, 0.3) is 21.8 Å². The Kier molecular flexibility index (Phi) is 4.95. The number of carbonyl (C=O) groups excluding carboxylic acids is 1. The van der Waals surface area contributed by atoms with Gasteiger partial charge in [-0.3, -0.25) is 0 Å². The van der Waals surface area contributed by atoms with E-state index in [0.29, 0.717) is 18.0 Å². The summed E-state index contributed by atoms with van der Waals surface area (Å²) in [6.45, 7) is 6.09. The van der Waals surface area contributed by atoms with E-state index < -0.39 is 17.8 Å². The molecule has 29 heavy (non-hydrogen) atoms. The number of fused-ring (bicyclic) bond motifs is 3. The van der Waals surface area contributed by atoms with E-state index in [0.717, 1.165) is 21.8 Å². The number of amides is 1. The van der Waals surface area contributed by atoms with Gasteiger partial charge in [0.15, 0.2) is 0 Å². The molecule has 0 bridgehead atoms. The third kappa shape index (κ3) is 3.79. The smallest absolute Gasteiger partial charge is 0.410 e. The molecule has 154 valence electrons. The maximum atomic E-state index is 13.9. The molecule has 2 atom stereocenters. The van der Waals surface area contributed by atoms with Crippen LogP contribution in [0.15, 0.2) is 36.4 Å². The van der Waals surface area contributed by atoms with Crippen LogP contribution in [0.4, 0.5) is 9.18 Å². The zero-order valence-corrected chi connectivity index (χ0v) is 17.4. The number of carbonyl (C=O) groups is 1. The first kappa shape index (κ1) is 20.0. The van der Waals surface area contributed by atoms with Crippen molar-refractivity contribution >= 4 is 39.5 Å². The molecule has 2 aromatic carbocycles. The minimum atomic E-state index is -0.782. The van der Waals surface area contributed by atoms with E-state index in [-0.39, 0.29) is 18.4 Å². The molecular formula is C22H24ClFN2O3. The number of hydrogen-bond donors (Lipinski definition) is 1. The van der Waals surface area contributed by atoms with Crippen molar-refractivity contribution in [3.8, 4) is 0 Å². The number of benzene rings is 2. The number of halogens is 2. The lowest BCUT2D eigenvalue weighted by Crippen LogP contribution is -2.48. The number of likely N-dealkylation sites (tertiary alicyclic amines) is 1. The molecule has 1 aromatic heterocycles. The average molecular weight is 419 g/mol. The van der Waals surface area contributed by atoms with Gasteiger partial charge in [-0.05, 0) is 63.6 Å². The van der Waals surface area contributed by atoms with Gasteiger partial charge in [0, 0.05) is 33.4 Å². The minimum absolute atomic E-state index is 0.176. The quantitative estimate of drug-likeness (QED) is 0.596. The summed E-state index contributed by atoms with van der Waals surface area (Å²) >= 11 is 6.18. The molecule has 0 spiro atoms. The number of nitrogens with zero attached hydrogens (tertiary/aromatic N) is 2. The SMILES string of the molecule is CC(C)(C)OC(=O)N1CCC(n2c3ccc(F)cc3c3cc(Cl)ccc32)[C@@H](O)C1. The molecule has 1 fully saturated rings. The summed E-state index contributed by atoms with van der Waals surface area (Å²) in [6, 6.07) is 9.89. The van der Waals surface area contributed by atoms with Crippen molar-refractivity contribution in [1.29, 1.82) is 0 Å². The van der Waals surface area contributed by atoms with Crippen LogP contribution in [0.3, 0.4) is 0 Å². The highest BCUT2D eigenvalue weighted by Crippen LogP contribution is 2.37. The normalized spacial score (nSPS) is 20.4. The van der Waals surface area contributed by atoms with Gasteiger partial charge in [-0.25, -0.2) is 9.18 Å². The second-order valence-electron chi connectivity index (χ2n) is 8.54. The van der Waals surface area contributed by atoms with Crippen molar-refractivity contribution in [3.63, 3.8) is 0 Å². The van der Waals surface area contributed by atoms with Crippen molar-refractivity contribution in [2.75, 3.05) is 13.1 Å². The van der Waals surface area contributed by atoms with Crippen LogP contribution in [-0.2, 0) is 4.74 Å². The van der Waals surface area contributed by atoms with Crippen LogP contribution in [0.2, 0.25) is 5.02 Å². The summed E-state index contributed by atoms with van der Waals surface area (Å²) in [5.74, 6) is -0.322. The van der Waals surface area contributed by atoms with Gasteiger partial charge < -0.3 is 19.3 Å². The molecule has 5 nitrogen and oxygen atoms in total. The fourth-order valence-corrected chi connectivity index (χ4v) is 4.24. The highest BCUT2D eigenvalue weighted by Gasteiger charge is 2.34. The van der Waals surface area contributed by atoms with Crippen LogP contribution in [0.5, 0.6) is 0 Å². The lowest BCUT2D eigenvalue weighted by molar-refractivity contribution is -0.00880. The Balaban J connectivity index is 1.71. The van der Waals surface area contributed by atoms with Gasteiger partial charge in [0.25, 0.3) is 0 Å². The zero-order valence-electron chi connectivity index (χ0n) is 16.7. The lowest BCUT2D eigenvalue weighted by Gasteiger charge is -2.37. The molecule has 1 N–H and O–H groups in total. The van der Waals surface area contributed by atoms with E-state index >= 15 is 0 Å². The maximum absolute atomic E-state index is 13.9. The number of β-amino-alcohol motifs (C(OH)–C–C–N with tert-alkyl or cyclic N) is 1. The Labute approximate surface area is 173 Å². The molecule has 1 aliphatic rings. The van der Waals surface area contributed by atoms with Crippen LogP contribution in [0, 0.1) is 5.82 Å². The molecule has 0 radical (unpaired) electrons. The van der Waals surface area contributed by atoms with E-state index in [1.165, 1.54) is 17.0 Å². The van der Waals surface area contributed by atoms with E-state index in [9.17, 15) is 14.3 Å². The standard InChI is InChI=1S/C22H24ClFN2O3/c1-22(2,3)29-21(28)25-9-8-19(20(27)12-25)26-17-6-4-13(23)10-15(17)16-11-14(24)5-7-18(16)26/h4-7,10-11,19-20,27H,8-9,12H2,1-3H3/t19?,20-/m0/s1. The van der Waals surface area contributed by atoms with Gasteiger partial charge in [0.1, 0.15) is 11.4 Å². The molecule has 1 unspecified atom stereocenters. The van der Waals surface area contributed by atoms with Crippen molar-refractivity contribution in [2.24, 2.45) is 0 Å². The molecule has 3 aromatic rings. The van der Waals surface area contributed by atoms with Crippen LogP contribution in [-0.4, -0.2) is 45.5 Å². The summed E-state index contributed by atoms with van der Waals surface area (Å²) in [4.78, 5) is 13.9. The molecule has 0 saturated carbocycles. The van der Waals surface area contributed by atoms with Crippen molar-refractivity contribution < 1.29 is 19.0 Å².